The molecule has 0 saturated heterocycles. The first kappa shape index (κ1) is 13.4. The Morgan fingerprint density at radius 2 is 2.00 bits per heavy atom. The Hall–Kier alpha value is -0.640. The number of hydrogen-bond donors (Lipinski definition) is 1. The van der Waals surface area contributed by atoms with Crippen molar-refractivity contribution in [2.45, 2.75) is 10.7 Å². The highest BCUT2D eigenvalue weighted by molar-refractivity contribution is 6.76. The predicted octanol–water partition coefficient (Wildman–Crippen LogP) is 3.31. The molecule has 0 radical (unpaired) electrons. The lowest BCUT2D eigenvalue weighted by molar-refractivity contribution is -0.115. The van der Waals surface area contributed by atoms with Crippen LogP contribution in [-0.2, 0) is 4.79 Å². The van der Waals surface area contributed by atoms with E-state index in [1.807, 2.05) is 6.92 Å². The fraction of sp³-hybridized carbons (Fsp3) is 0.300. The summed E-state index contributed by atoms with van der Waals surface area (Å²) in [5.74, 6) is 0.0361. The molecule has 0 bridgehead atoms. The van der Waals surface area contributed by atoms with Crippen molar-refractivity contribution in [2.24, 2.45) is 0 Å². The van der Waals surface area contributed by atoms with Crippen LogP contribution in [0.25, 0.3) is 0 Å². The number of alkyl halides is 3. The third-order valence-corrected chi connectivity index (χ3v) is 2.43. The quantitative estimate of drug-likeness (QED) is 0.845. The van der Waals surface area contributed by atoms with Crippen LogP contribution in [0.1, 0.15) is 5.56 Å². The summed E-state index contributed by atoms with van der Waals surface area (Å²) in [5.41, 5.74) is 1.43. The fourth-order valence-corrected chi connectivity index (χ4v) is 1.30. The van der Waals surface area contributed by atoms with Gasteiger partial charge in [0, 0.05) is 5.69 Å². The maximum Gasteiger partial charge on any atom is 0.276 e. The highest BCUT2D eigenvalue weighted by Gasteiger charge is 2.30. The molecule has 16 heavy (non-hydrogen) atoms. The van der Waals surface area contributed by atoms with Gasteiger partial charge >= 0.3 is 0 Å². The average molecular weight is 283 g/mol. The van der Waals surface area contributed by atoms with Gasteiger partial charge in [-0.2, -0.15) is 0 Å². The Labute approximate surface area is 109 Å². The molecular formula is C10H10Cl3NO2. The molecule has 6 heteroatoms. The Kier molecular flexibility index (Phi) is 4.30. The molecule has 0 unspecified atom stereocenters. The van der Waals surface area contributed by atoms with E-state index in [1.54, 1.807) is 25.3 Å². The molecule has 1 amide bonds. The second-order valence-corrected chi connectivity index (χ2v) is 5.42. The van der Waals surface area contributed by atoms with E-state index >= 15 is 0 Å². The number of benzene rings is 1. The monoisotopic (exact) mass is 281 g/mol. The minimum atomic E-state index is -1.96. The highest BCUT2D eigenvalue weighted by atomic mass is 35.6. The molecule has 0 aliphatic rings. The van der Waals surface area contributed by atoms with Crippen LogP contribution in [0.5, 0.6) is 5.75 Å². The first-order valence-electron chi connectivity index (χ1n) is 4.37. The average Bonchev–Trinajstić information content (AvgIpc) is 2.16. The molecule has 0 heterocycles. The zero-order valence-corrected chi connectivity index (χ0v) is 11.0. The third kappa shape index (κ3) is 3.44. The molecule has 0 spiro atoms. The van der Waals surface area contributed by atoms with Gasteiger partial charge in [-0.25, -0.2) is 0 Å². The van der Waals surface area contributed by atoms with E-state index < -0.39 is 9.70 Å². The van der Waals surface area contributed by atoms with Crippen molar-refractivity contribution in [2.75, 3.05) is 12.4 Å². The zero-order valence-electron chi connectivity index (χ0n) is 8.68. The molecule has 1 N–H and O–H groups in total. The van der Waals surface area contributed by atoms with Crippen molar-refractivity contribution in [1.29, 1.82) is 0 Å². The van der Waals surface area contributed by atoms with Crippen LogP contribution in [0.15, 0.2) is 18.2 Å². The molecule has 0 aliphatic carbocycles. The second-order valence-electron chi connectivity index (χ2n) is 3.14. The van der Waals surface area contributed by atoms with E-state index in [1.165, 1.54) is 0 Å². The summed E-state index contributed by atoms with van der Waals surface area (Å²) in [6, 6.07) is 5.12. The van der Waals surface area contributed by atoms with Gasteiger partial charge in [-0.05, 0) is 30.7 Å². The molecule has 1 aromatic rings. The van der Waals surface area contributed by atoms with Gasteiger partial charge in [0.2, 0.25) is 0 Å². The van der Waals surface area contributed by atoms with Crippen molar-refractivity contribution >= 4 is 46.4 Å². The predicted molar refractivity (Wildman–Crippen MR) is 66.7 cm³/mol. The van der Waals surface area contributed by atoms with Crippen LogP contribution >= 0.6 is 34.8 Å². The number of halogens is 3. The summed E-state index contributed by atoms with van der Waals surface area (Å²) in [4.78, 5) is 11.4. The zero-order chi connectivity index (χ0) is 12.3. The summed E-state index contributed by atoms with van der Waals surface area (Å²) in [6.07, 6.45) is 0. The number of aryl methyl sites for hydroxylation is 1. The minimum Gasteiger partial charge on any atom is -0.496 e. The lowest BCUT2D eigenvalue weighted by atomic mass is 10.2. The van der Waals surface area contributed by atoms with Gasteiger partial charge < -0.3 is 10.1 Å². The fourth-order valence-electron chi connectivity index (χ4n) is 1.16. The van der Waals surface area contributed by atoms with Crippen molar-refractivity contribution in [1.82, 2.24) is 0 Å². The molecule has 0 fully saturated rings. The van der Waals surface area contributed by atoms with E-state index in [2.05, 4.69) is 5.32 Å². The molecule has 0 aromatic heterocycles. The van der Waals surface area contributed by atoms with Gasteiger partial charge in [-0.15, -0.1) is 0 Å². The van der Waals surface area contributed by atoms with Crippen LogP contribution in [-0.4, -0.2) is 16.8 Å². The van der Waals surface area contributed by atoms with Gasteiger partial charge in [0.1, 0.15) is 5.75 Å². The van der Waals surface area contributed by atoms with Gasteiger partial charge in [-0.3, -0.25) is 4.79 Å². The largest absolute Gasteiger partial charge is 0.496 e. The van der Waals surface area contributed by atoms with Crippen molar-refractivity contribution in [3.8, 4) is 5.75 Å². The van der Waals surface area contributed by atoms with Crippen molar-refractivity contribution < 1.29 is 9.53 Å². The number of anilines is 1. The van der Waals surface area contributed by atoms with Gasteiger partial charge in [0.15, 0.2) is 0 Å². The molecule has 3 nitrogen and oxygen atoms in total. The van der Waals surface area contributed by atoms with E-state index in [9.17, 15) is 4.79 Å². The normalized spacial score (nSPS) is 11.1. The Balaban J connectivity index is 2.84. The van der Waals surface area contributed by atoms with Gasteiger partial charge in [0.25, 0.3) is 9.70 Å². The molecule has 0 atom stereocenters. The highest BCUT2D eigenvalue weighted by Crippen LogP contribution is 2.28. The SMILES string of the molecule is COc1ccc(NC(=O)C(Cl)(Cl)Cl)cc1C. The van der Waals surface area contributed by atoms with Crippen LogP contribution in [0, 0.1) is 6.92 Å². The number of carbonyl (C=O) groups excluding carboxylic acids is 1. The minimum absolute atomic E-state index is 0.551. The van der Waals surface area contributed by atoms with E-state index in [4.69, 9.17) is 39.5 Å². The Morgan fingerprint density at radius 1 is 1.38 bits per heavy atom. The van der Waals surface area contributed by atoms with Crippen LogP contribution in [0.2, 0.25) is 0 Å². The number of nitrogens with one attached hydrogen (secondary N) is 1. The lowest BCUT2D eigenvalue weighted by Gasteiger charge is -2.12. The van der Waals surface area contributed by atoms with Gasteiger partial charge in [0.05, 0.1) is 7.11 Å². The maximum absolute atomic E-state index is 11.4. The van der Waals surface area contributed by atoms with Gasteiger partial charge in [-0.1, -0.05) is 34.8 Å². The molecule has 1 aromatic carbocycles. The summed E-state index contributed by atoms with van der Waals surface area (Å²) in [7, 11) is 1.57. The first-order chi connectivity index (χ1) is 7.34. The van der Waals surface area contributed by atoms with Crippen LogP contribution < -0.4 is 10.1 Å². The van der Waals surface area contributed by atoms with Crippen LogP contribution in [0.4, 0.5) is 5.69 Å². The molecule has 0 aliphatic heterocycles. The third-order valence-electron chi connectivity index (χ3n) is 1.91. The smallest absolute Gasteiger partial charge is 0.276 e. The molecule has 0 saturated carbocycles. The number of rotatable bonds is 2. The first-order valence-corrected chi connectivity index (χ1v) is 5.51. The number of hydrogen-bond acceptors (Lipinski definition) is 2. The molecule has 1 rings (SSSR count). The summed E-state index contributed by atoms with van der Waals surface area (Å²) in [5, 5.41) is 2.48. The van der Waals surface area contributed by atoms with Crippen LogP contribution in [0.3, 0.4) is 0 Å². The molecular weight excluding hydrogens is 272 g/mol. The second kappa shape index (κ2) is 5.13. The number of ether oxygens (including phenoxy) is 1. The summed E-state index contributed by atoms with van der Waals surface area (Å²) in [6.45, 7) is 1.85. The standard InChI is InChI=1S/C10H10Cl3NO2/c1-6-5-7(3-4-8(6)16-2)14-9(15)10(11,12)13/h3-5H,1-2H3,(H,14,15). The van der Waals surface area contributed by atoms with E-state index in [0.717, 1.165) is 11.3 Å². The lowest BCUT2D eigenvalue weighted by Crippen LogP contribution is -2.26. The topological polar surface area (TPSA) is 38.3 Å². The Morgan fingerprint density at radius 3 is 2.44 bits per heavy atom. The summed E-state index contributed by atoms with van der Waals surface area (Å²) >= 11 is 16.3. The van der Waals surface area contributed by atoms with E-state index in [-0.39, 0.29) is 0 Å². The number of carbonyl (C=O) groups is 1. The molecule has 88 valence electrons. The van der Waals surface area contributed by atoms with Crippen molar-refractivity contribution in [3.63, 3.8) is 0 Å². The van der Waals surface area contributed by atoms with E-state index in [0.29, 0.717) is 5.69 Å². The number of amides is 1. The summed E-state index contributed by atoms with van der Waals surface area (Å²) < 4.78 is 3.12. The Bertz CT molecular complexity index is 402. The number of methoxy groups -OCH3 is 1. The maximum atomic E-state index is 11.4. The van der Waals surface area contributed by atoms with Crippen molar-refractivity contribution in [3.05, 3.63) is 23.8 Å².